The van der Waals surface area contributed by atoms with Crippen LogP contribution in [0.1, 0.15) is 70.5 Å². The molecule has 0 bridgehead atoms. The van der Waals surface area contributed by atoms with Crippen LogP contribution in [0.2, 0.25) is 0 Å². The third-order valence-electron chi connectivity index (χ3n) is 4.82. The maximum atomic E-state index is 12.9. The second-order valence-corrected chi connectivity index (χ2v) is 6.31. The van der Waals surface area contributed by atoms with Gasteiger partial charge in [-0.15, -0.1) is 0 Å². The molecule has 0 radical (unpaired) electrons. The Bertz CT molecular complexity index is 758. The zero-order valence-corrected chi connectivity index (χ0v) is 13.8. The zero-order valence-electron chi connectivity index (χ0n) is 13.8. The Morgan fingerprint density at radius 2 is 1.48 bits per heavy atom. The molecule has 0 aliphatic heterocycles. The van der Waals surface area contributed by atoms with Gasteiger partial charge in [0.05, 0.1) is 0 Å². The molecule has 0 aromatic heterocycles. The minimum absolute atomic E-state index is 0.00264. The van der Waals surface area contributed by atoms with Crippen LogP contribution in [0.15, 0.2) is 42.5 Å². The molecule has 1 aliphatic rings. The molecule has 23 heavy (non-hydrogen) atoms. The highest BCUT2D eigenvalue weighted by Crippen LogP contribution is 2.31. The molecule has 0 N–H and O–H groups in total. The van der Waals surface area contributed by atoms with Gasteiger partial charge in [0.15, 0.2) is 11.6 Å². The number of hydrogen-bond acceptors (Lipinski definition) is 2. The van der Waals surface area contributed by atoms with Gasteiger partial charge in [-0.05, 0) is 17.9 Å². The predicted octanol–water partition coefficient (Wildman–Crippen LogP) is 4.83. The number of fused-ring (bicyclic) bond motifs is 2. The van der Waals surface area contributed by atoms with Gasteiger partial charge in [-0.1, -0.05) is 75.6 Å². The van der Waals surface area contributed by atoms with Gasteiger partial charge in [-0.25, -0.2) is 0 Å². The van der Waals surface area contributed by atoms with Gasteiger partial charge in [0.2, 0.25) is 0 Å². The van der Waals surface area contributed by atoms with Crippen LogP contribution >= 0.6 is 0 Å². The smallest absolute Gasteiger partial charge is 0.194 e. The van der Waals surface area contributed by atoms with Crippen molar-refractivity contribution in [1.29, 1.82) is 0 Å². The Kier molecular flexibility index (Phi) is 4.42. The fraction of sp³-hybridized carbons (Fsp3) is 0.333. The van der Waals surface area contributed by atoms with Crippen molar-refractivity contribution in [3.8, 4) is 0 Å². The number of carbonyl (C=O) groups excluding carboxylic acids is 2. The van der Waals surface area contributed by atoms with Crippen LogP contribution in [0.25, 0.3) is 0 Å². The van der Waals surface area contributed by atoms with E-state index in [1.165, 1.54) is 0 Å². The average Bonchev–Trinajstić information content (AvgIpc) is 2.59. The van der Waals surface area contributed by atoms with Crippen molar-refractivity contribution in [3.63, 3.8) is 0 Å². The van der Waals surface area contributed by atoms with E-state index in [9.17, 15) is 9.59 Å². The molecule has 0 heterocycles. The molecular weight excluding hydrogens is 284 g/mol. The van der Waals surface area contributed by atoms with Crippen LogP contribution in [0.5, 0.6) is 0 Å². The maximum absolute atomic E-state index is 12.9. The lowest BCUT2D eigenvalue weighted by molar-refractivity contribution is 0.0978. The summed E-state index contributed by atoms with van der Waals surface area (Å²) < 4.78 is 0. The molecule has 0 spiro atoms. The lowest BCUT2D eigenvalue weighted by Gasteiger charge is -2.22. The number of carbonyl (C=O) groups is 2. The first-order valence-electron chi connectivity index (χ1n) is 8.47. The van der Waals surface area contributed by atoms with E-state index < -0.39 is 0 Å². The summed E-state index contributed by atoms with van der Waals surface area (Å²) >= 11 is 0. The van der Waals surface area contributed by atoms with Gasteiger partial charge >= 0.3 is 0 Å². The van der Waals surface area contributed by atoms with Gasteiger partial charge in [-0.2, -0.15) is 0 Å². The van der Waals surface area contributed by atoms with Crippen molar-refractivity contribution in [2.75, 3.05) is 0 Å². The second-order valence-electron chi connectivity index (χ2n) is 6.31. The first-order chi connectivity index (χ1) is 11.2. The van der Waals surface area contributed by atoms with Gasteiger partial charge < -0.3 is 0 Å². The molecule has 0 amide bonds. The Labute approximate surface area is 137 Å². The molecule has 1 unspecified atom stereocenters. The summed E-state index contributed by atoms with van der Waals surface area (Å²) in [6.45, 7) is 4.38. The Morgan fingerprint density at radius 3 is 2.13 bits per heavy atom. The molecule has 0 saturated carbocycles. The van der Waals surface area contributed by atoms with Crippen LogP contribution in [0, 0.1) is 5.92 Å². The number of rotatable bonds is 5. The molecule has 1 aliphatic carbocycles. The fourth-order valence-electron chi connectivity index (χ4n) is 3.56. The lowest BCUT2D eigenvalue weighted by atomic mass is 9.79. The highest BCUT2D eigenvalue weighted by molar-refractivity contribution is 6.28. The lowest BCUT2D eigenvalue weighted by Crippen LogP contribution is -2.23. The monoisotopic (exact) mass is 306 g/mol. The standard InChI is InChI=1S/C21H22O2/c1-3-8-14(4-2)13-15-9-7-12-18-19(15)21(23)17-11-6-5-10-16(17)20(18)22/h5-7,9-12,14H,3-4,8,13H2,1-2H3. The van der Waals surface area contributed by atoms with Crippen LogP contribution in [0.3, 0.4) is 0 Å². The number of benzene rings is 2. The molecule has 2 aromatic carbocycles. The van der Waals surface area contributed by atoms with E-state index in [1.807, 2.05) is 24.3 Å². The molecule has 3 rings (SSSR count). The van der Waals surface area contributed by atoms with Crippen LogP contribution < -0.4 is 0 Å². The normalized spacial score (nSPS) is 14.3. The summed E-state index contributed by atoms with van der Waals surface area (Å²) in [5.74, 6) is 0.532. The molecule has 0 fully saturated rings. The van der Waals surface area contributed by atoms with E-state index in [0.717, 1.165) is 31.2 Å². The minimum Gasteiger partial charge on any atom is -0.289 e. The van der Waals surface area contributed by atoms with E-state index in [0.29, 0.717) is 28.2 Å². The van der Waals surface area contributed by atoms with Crippen molar-refractivity contribution in [2.45, 2.75) is 39.5 Å². The first-order valence-corrected chi connectivity index (χ1v) is 8.47. The summed E-state index contributed by atoms with van der Waals surface area (Å²) in [5, 5.41) is 0. The molecule has 2 nitrogen and oxygen atoms in total. The van der Waals surface area contributed by atoms with Crippen molar-refractivity contribution in [2.24, 2.45) is 5.92 Å². The summed E-state index contributed by atoms with van der Waals surface area (Å²) in [7, 11) is 0. The quantitative estimate of drug-likeness (QED) is 0.676. The zero-order chi connectivity index (χ0) is 16.4. The summed E-state index contributed by atoms with van der Waals surface area (Å²) in [4.78, 5) is 25.7. The first kappa shape index (κ1) is 15.7. The predicted molar refractivity (Wildman–Crippen MR) is 92.1 cm³/mol. The topological polar surface area (TPSA) is 34.1 Å². The molecule has 1 atom stereocenters. The largest absolute Gasteiger partial charge is 0.289 e. The molecule has 118 valence electrons. The Morgan fingerprint density at radius 1 is 0.826 bits per heavy atom. The van der Waals surface area contributed by atoms with Crippen molar-refractivity contribution >= 4 is 11.6 Å². The maximum Gasteiger partial charge on any atom is 0.194 e. The summed E-state index contributed by atoms with van der Waals surface area (Å²) in [6.07, 6.45) is 4.26. The molecular formula is C21H22O2. The van der Waals surface area contributed by atoms with Crippen molar-refractivity contribution in [1.82, 2.24) is 0 Å². The summed E-state index contributed by atoms with van der Waals surface area (Å²) in [6, 6.07) is 12.9. The van der Waals surface area contributed by atoms with Gasteiger partial charge in [0, 0.05) is 22.3 Å². The Hall–Kier alpha value is -2.22. The van der Waals surface area contributed by atoms with Crippen LogP contribution in [-0.4, -0.2) is 11.6 Å². The minimum atomic E-state index is -0.0272. The third-order valence-corrected chi connectivity index (χ3v) is 4.82. The van der Waals surface area contributed by atoms with E-state index in [4.69, 9.17) is 0 Å². The van der Waals surface area contributed by atoms with E-state index in [2.05, 4.69) is 13.8 Å². The Balaban J connectivity index is 2.07. The van der Waals surface area contributed by atoms with Gasteiger partial charge in [0.1, 0.15) is 0 Å². The summed E-state index contributed by atoms with van der Waals surface area (Å²) in [5.41, 5.74) is 3.29. The van der Waals surface area contributed by atoms with E-state index >= 15 is 0 Å². The molecule has 0 saturated heterocycles. The fourth-order valence-corrected chi connectivity index (χ4v) is 3.56. The highest BCUT2D eigenvalue weighted by atomic mass is 16.1. The van der Waals surface area contributed by atoms with Crippen molar-refractivity contribution < 1.29 is 9.59 Å². The average molecular weight is 306 g/mol. The SMILES string of the molecule is CCCC(CC)Cc1cccc2c1C(=O)c1ccccc1C2=O. The van der Waals surface area contributed by atoms with E-state index in [1.54, 1.807) is 18.2 Å². The number of ketones is 2. The molecule has 2 aromatic rings. The number of hydrogen-bond donors (Lipinski definition) is 0. The van der Waals surface area contributed by atoms with Crippen LogP contribution in [-0.2, 0) is 6.42 Å². The second kappa shape index (κ2) is 6.49. The van der Waals surface area contributed by atoms with E-state index in [-0.39, 0.29) is 11.6 Å². The van der Waals surface area contributed by atoms with Crippen molar-refractivity contribution in [3.05, 3.63) is 70.3 Å². The third kappa shape index (κ3) is 2.74. The molecule has 2 heteroatoms. The van der Waals surface area contributed by atoms with Crippen LogP contribution in [0.4, 0.5) is 0 Å². The van der Waals surface area contributed by atoms with Gasteiger partial charge in [-0.3, -0.25) is 9.59 Å². The van der Waals surface area contributed by atoms with Gasteiger partial charge in [0.25, 0.3) is 0 Å². The highest BCUT2D eigenvalue weighted by Gasteiger charge is 2.31.